The molecule has 4 heteroatoms. The maximum absolute atomic E-state index is 12.6. The van der Waals surface area contributed by atoms with Crippen molar-refractivity contribution in [1.29, 1.82) is 0 Å². The number of carbonyl (C=O) groups excluding carboxylic acids is 2. The highest BCUT2D eigenvalue weighted by Crippen LogP contribution is 2.44. The third kappa shape index (κ3) is 5.48. The van der Waals surface area contributed by atoms with Crippen LogP contribution in [-0.2, 0) is 9.59 Å². The first-order chi connectivity index (χ1) is 15.5. The lowest BCUT2D eigenvalue weighted by Gasteiger charge is -2.18. The number of rotatable bonds is 10. The Labute approximate surface area is 190 Å². The SMILES string of the molecule is CCCCCC(=O)Oc1c2ccccc2c(OC(=O)CCCCC)c2cc(C)c(C)cc12. The minimum atomic E-state index is -0.229. The first kappa shape index (κ1) is 23.8. The standard InChI is InChI=1S/C28H34O4/c1-5-7-9-15-25(29)31-27-21-13-11-12-14-22(21)28(32-26(30)16-10-8-6-2)24-18-20(4)19(3)17-23(24)27/h11-14,17-18H,5-10,15-16H2,1-4H3. The highest BCUT2D eigenvalue weighted by molar-refractivity contribution is 6.13. The zero-order valence-electron chi connectivity index (χ0n) is 19.8. The minimum absolute atomic E-state index is 0.229. The molecule has 4 nitrogen and oxygen atoms in total. The van der Waals surface area contributed by atoms with Crippen LogP contribution in [0.3, 0.4) is 0 Å². The predicted molar refractivity (Wildman–Crippen MR) is 130 cm³/mol. The summed E-state index contributed by atoms with van der Waals surface area (Å²) in [5.41, 5.74) is 2.19. The van der Waals surface area contributed by atoms with E-state index in [1.165, 1.54) is 0 Å². The summed E-state index contributed by atoms with van der Waals surface area (Å²) in [7, 11) is 0. The largest absolute Gasteiger partial charge is 0.425 e. The molecule has 0 aliphatic rings. The maximum Gasteiger partial charge on any atom is 0.311 e. The predicted octanol–water partition coefficient (Wildman–Crippen LogP) is 7.58. The monoisotopic (exact) mass is 434 g/mol. The number of fused-ring (bicyclic) bond motifs is 2. The van der Waals surface area contributed by atoms with Gasteiger partial charge in [-0.1, -0.05) is 63.8 Å². The van der Waals surface area contributed by atoms with Gasteiger partial charge in [0.1, 0.15) is 11.5 Å². The van der Waals surface area contributed by atoms with E-state index in [0.29, 0.717) is 24.3 Å². The molecule has 0 atom stereocenters. The molecule has 0 amide bonds. The van der Waals surface area contributed by atoms with E-state index in [-0.39, 0.29) is 11.9 Å². The van der Waals surface area contributed by atoms with Crippen LogP contribution >= 0.6 is 0 Å². The van der Waals surface area contributed by atoms with E-state index in [1.54, 1.807) is 0 Å². The van der Waals surface area contributed by atoms with Gasteiger partial charge >= 0.3 is 11.9 Å². The Kier molecular flexibility index (Phi) is 8.26. The zero-order chi connectivity index (χ0) is 23.1. The van der Waals surface area contributed by atoms with Crippen molar-refractivity contribution >= 4 is 33.5 Å². The van der Waals surface area contributed by atoms with Crippen molar-refractivity contribution in [3.63, 3.8) is 0 Å². The van der Waals surface area contributed by atoms with Gasteiger partial charge in [0.25, 0.3) is 0 Å². The first-order valence-corrected chi connectivity index (χ1v) is 11.8. The average molecular weight is 435 g/mol. The molecule has 0 aliphatic carbocycles. The molecule has 0 fully saturated rings. The second-order valence-corrected chi connectivity index (χ2v) is 8.55. The number of aryl methyl sites for hydroxylation is 2. The third-order valence-corrected chi connectivity index (χ3v) is 5.94. The molecule has 0 radical (unpaired) electrons. The van der Waals surface area contributed by atoms with Crippen molar-refractivity contribution in [2.75, 3.05) is 0 Å². The number of unbranched alkanes of at least 4 members (excludes halogenated alkanes) is 4. The Morgan fingerprint density at radius 3 is 1.44 bits per heavy atom. The second-order valence-electron chi connectivity index (χ2n) is 8.55. The molecule has 0 unspecified atom stereocenters. The number of ether oxygens (including phenoxy) is 2. The molecular weight excluding hydrogens is 400 g/mol. The molecule has 3 rings (SSSR count). The zero-order valence-corrected chi connectivity index (χ0v) is 19.8. The Hall–Kier alpha value is -2.88. The third-order valence-electron chi connectivity index (χ3n) is 5.94. The van der Waals surface area contributed by atoms with Crippen molar-refractivity contribution in [3.8, 4) is 11.5 Å². The average Bonchev–Trinajstić information content (AvgIpc) is 2.77. The van der Waals surface area contributed by atoms with Gasteiger partial charge in [0, 0.05) is 34.4 Å². The van der Waals surface area contributed by atoms with E-state index < -0.39 is 0 Å². The number of benzene rings is 3. The van der Waals surface area contributed by atoms with E-state index in [4.69, 9.17) is 9.47 Å². The van der Waals surface area contributed by atoms with Gasteiger partial charge in [-0.2, -0.15) is 0 Å². The normalized spacial score (nSPS) is 11.1. The summed E-state index contributed by atoms with van der Waals surface area (Å²) in [5, 5.41) is 3.16. The van der Waals surface area contributed by atoms with Crippen LogP contribution in [-0.4, -0.2) is 11.9 Å². The maximum atomic E-state index is 12.6. The van der Waals surface area contributed by atoms with Gasteiger partial charge in [0.05, 0.1) is 0 Å². The number of hydrogen-bond acceptors (Lipinski definition) is 4. The molecule has 0 N–H and O–H groups in total. The summed E-state index contributed by atoms with van der Waals surface area (Å²) in [6.07, 6.45) is 6.52. The van der Waals surface area contributed by atoms with Gasteiger partial charge < -0.3 is 9.47 Å². The van der Waals surface area contributed by atoms with Crippen LogP contribution < -0.4 is 9.47 Å². The molecule has 0 saturated carbocycles. The Morgan fingerprint density at radius 2 is 1.06 bits per heavy atom. The van der Waals surface area contributed by atoms with Gasteiger partial charge in [-0.3, -0.25) is 9.59 Å². The number of carbonyl (C=O) groups is 2. The van der Waals surface area contributed by atoms with Crippen molar-refractivity contribution in [1.82, 2.24) is 0 Å². The molecule has 0 heterocycles. The summed E-state index contributed by atoms with van der Waals surface area (Å²) < 4.78 is 11.9. The number of hydrogen-bond donors (Lipinski definition) is 0. The van der Waals surface area contributed by atoms with Crippen LogP contribution in [0, 0.1) is 13.8 Å². The van der Waals surface area contributed by atoms with Gasteiger partial charge in [-0.05, 0) is 49.9 Å². The molecule has 0 bridgehead atoms. The molecule has 0 aromatic heterocycles. The Balaban J connectivity index is 2.12. The molecule has 0 aliphatic heterocycles. The van der Waals surface area contributed by atoms with Crippen LogP contribution in [0.25, 0.3) is 21.5 Å². The van der Waals surface area contributed by atoms with Crippen molar-refractivity contribution < 1.29 is 19.1 Å². The van der Waals surface area contributed by atoms with E-state index >= 15 is 0 Å². The van der Waals surface area contributed by atoms with Gasteiger partial charge in [0.15, 0.2) is 0 Å². The molecule has 3 aromatic carbocycles. The van der Waals surface area contributed by atoms with E-state index in [1.807, 2.05) is 50.2 Å². The summed E-state index contributed by atoms with van der Waals surface area (Å²) in [4.78, 5) is 25.3. The van der Waals surface area contributed by atoms with Crippen LogP contribution in [0.5, 0.6) is 11.5 Å². The fraction of sp³-hybridized carbons (Fsp3) is 0.429. The lowest BCUT2D eigenvalue weighted by molar-refractivity contribution is -0.135. The molecule has 3 aromatic rings. The Bertz CT molecular complexity index is 1030. The fourth-order valence-electron chi connectivity index (χ4n) is 3.95. The smallest absolute Gasteiger partial charge is 0.311 e. The molecule has 32 heavy (non-hydrogen) atoms. The van der Waals surface area contributed by atoms with Gasteiger partial charge in [-0.15, -0.1) is 0 Å². The van der Waals surface area contributed by atoms with E-state index in [2.05, 4.69) is 13.8 Å². The number of esters is 2. The lowest BCUT2D eigenvalue weighted by Crippen LogP contribution is -2.11. The summed E-state index contributed by atoms with van der Waals surface area (Å²) >= 11 is 0. The highest BCUT2D eigenvalue weighted by Gasteiger charge is 2.20. The molecular formula is C28H34O4. The minimum Gasteiger partial charge on any atom is -0.425 e. The van der Waals surface area contributed by atoms with Crippen molar-refractivity contribution in [3.05, 3.63) is 47.5 Å². The van der Waals surface area contributed by atoms with Gasteiger partial charge in [0.2, 0.25) is 0 Å². The van der Waals surface area contributed by atoms with Crippen molar-refractivity contribution in [2.24, 2.45) is 0 Å². The van der Waals surface area contributed by atoms with Crippen LogP contribution in [0.1, 0.15) is 76.3 Å². The quantitative estimate of drug-likeness (QED) is 0.143. The van der Waals surface area contributed by atoms with Crippen LogP contribution in [0.15, 0.2) is 36.4 Å². The van der Waals surface area contributed by atoms with E-state index in [9.17, 15) is 9.59 Å². The summed E-state index contributed by atoms with van der Waals surface area (Å²) in [5.74, 6) is 0.636. The second kappa shape index (κ2) is 11.1. The van der Waals surface area contributed by atoms with Crippen LogP contribution in [0.2, 0.25) is 0 Å². The molecule has 0 saturated heterocycles. The lowest BCUT2D eigenvalue weighted by atomic mass is 9.96. The Morgan fingerprint density at radius 1 is 0.656 bits per heavy atom. The van der Waals surface area contributed by atoms with E-state index in [0.717, 1.165) is 71.2 Å². The summed E-state index contributed by atoms with van der Waals surface area (Å²) in [6, 6.07) is 11.7. The highest BCUT2D eigenvalue weighted by atomic mass is 16.5. The van der Waals surface area contributed by atoms with Gasteiger partial charge in [-0.25, -0.2) is 0 Å². The summed E-state index contributed by atoms with van der Waals surface area (Å²) in [6.45, 7) is 8.29. The topological polar surface area (TPSA) is 52.6 Å². The van der Waals surface area contributed by atoms with Crippen molar-refractivity contribution in [2.45, 2.75) is 79.1 Å². The molecule has 0 spiro atoms. The first-order valence-electron chi connectivity index (χ1n) is 11.8. The fourth-order valence-corrected chi connectivity index (χ4v) is 3.95. The van der Waals surface area contributed by atoms with Crippen LogP contribution in [0.4, 0.5) is 0 Å². The molecule has 170 valence electrons.